The van der Waals surface area contributed by atoms with Gasteiger partial charge in [-0.2, -0.15) is 0 Å². The number of carbonyl (C=O) groups excluding carboxylic acids is 3. The second-order valence-electron chi connectivity index (χ2n) is 5.83. The Kier molecular flexibility index (Phi) is 7.18. The minimum Gasteiger partial charge on any atom is -0.465 e. The highest BCUT2D eigenvalue weighted by atomic mass is 35.5. The van der Waals surface area contributed by atoms with Gasteiger partial charge >= 0.3 is 5.97 Å². The molecule has 1 aromatic heterocycles. The minimum absolute atomic E-state index is 0.186. The van der Waals surface area contributed by atoms with Gasteiger partial charge in [-0.3, -0.25) is 9.59 Å². The number of nitrogens with one attached hydrogen (secondary N) is 2. The van der Waals surface area contributed by atoms with Gasteiger partial charge in [0.05, 0.1) is 23.9 Å². The van der Waals surface area contributed by atoms with Crippen LogP contribution in [-0.2, 0) is 9.53 Å². The first kappa shape index (κ1) is 21.1. The summed E-state index contributed by atoms with van der Waals surface area (Å²) < 4.78 is 4.60. The van der Waals surface area contributed by atoms with Crippen molar-refractivity contribution >= 4 is 57.5 Å². The van der Waals surface area contributed by atoms with E-state index < -0.39 is 23.8 Å². The zero-order valence-electron chi connectivity index (χ0n) is 14.7. The molecule has 2 N–H and O–H groups in total. The Bertz CT molecular complexity index is 870. The quantitative estimate of drug-likeness (QED) is 0.683. The van der Waals surface area contributed by atoms with Crippen LogP contribution in [0.2, 0.25) is 10.0 Å². The van der Waals surface area contributed by atoms with Crippen molar-refractivity contribution in [1.82, 2.24) is 10.3 Å². The van der Waals surface area contributed by atoms with Gasteiger partial charge in [0, 0.05) is 5.02 Å². The maximum Gasteiger partial charge on any atom is 0.349 e. The smallest absolute Gasteiger partial charge is 0.349 e. The van der Waals surface area contributed by atoms with E-state index in [1.54, 1.807) is 13.8 Å². The van der Waals surface area contributed by atoms with Crippen LogP contribution in [0.5, 0.6) is 0 Å². The summed E-state index contributed by atoms with van der Waals surface area (Å²) in [5.74, 6) is -1.71. The fraction of sp³-hybridized carbons (Fsp3) is 0.294. The summed E-state index contributed by atoms with van der Waals surface area (Å²) in [6.45, 7) is 3.57. The first-order chi connectivity index (χ1) is 12.7. The number of nitrogens with zero attached hydrogens (tertiary/aromatic N) is 1. The van der Waals surface area contributed by atoms with Crippen LogP contribution >= 0.6 is 34.5 Å². The molecule has 10 heteroatoms. The Morgan fingerprint density at radius 3 is 2.52 bits per heavy atom. The lowest BCUT2D eigenvalue weighted by Gasteiger charge is -2.21. The molecule has 144 valence electrons. The molecule has 0 aliphatic heterocycles. The van der Waals surface area contributed by atoms with E-state index in [4.69, 9.17) is 23.2 Å². The number of ether oxygens (including phenoxy) is 1. The Morgan fingerprint density at radius 1 is 1.22 bits per heavy atom. The number of carbonyl (C=O) groups is 3. The number of esters is 1. The largest absolute Gasteiger partial charge is 0.465 e. The van der Waals surface area contributed by atoms with Crippen LogP contribution in [0.1, 0.15) is 33.9 Å². The standard InChI is InChI=1S/C17H17Cl2N3O4S/c1-8(2)13(21-14(23)10-5-4-9(18)6-11(10)19)15(24)22-17-20-7-12(27-17)16(25)26-3/h4-8,13H,1-3H3,(H,21,23)(H,20,22,24)/t13-/m1/s1. The monoisotopic (exact) mass is 429 g/mol. The van der Waals surface area contributed by atoms with E-state index in [0.29, 0.717) is 5.02 Å². The molecular weight excluding hydrogens is 413 g/mol. The molecule has 0 fully saturated rings. The molecule has 0 aliphatic rings. The highest BCUT2D eigenvalue weighted by Gasteiger charge is 2.26. The number of benzene rings is 1. The lowest BCUT2D eigenvalue weighted by molar-refractivity contribution is -0.118. The van der Waals surface area contributed by atoms with Crippen molar-refractivity contribution in [3.8, 4) is 0 Å². The first-order valence-electron chi connectivity index (χ1n) is 7.83. The summed E-state index contributed by atoms with van der Waals surface area (Å²) in [5, 5.41) is 6.07. The summed E-state index contributed by atoms with van der Waals surface area (Å²) >= 11 is 12.9. The number of amides is 2. The topological polar surface area (TPSA) is 97.4 Å². The highest BCUT2D eigenvalue weighted by Crippen LogP contribution is 2.22. The van der Waals surface area contributed by atoms with Crippen molar-refractivity contribution in [2.45, 2.75) is 19.9 Å². The van der Waals surface area contributed by atoms with Gasteiger partial charge in [0.2, 0.25) is 5.91 Å². The summed E-state index contributed by atoms with van der Waals surface area (Å²) in [4.78, 5) is 40.8. The molecule has 0 radical (unpaired) electrons. The summed E-state index contributed by atoms with van der Waals surface area (Å²) in [6.07, 6.45) is 1.31. The zero-order valence-corrected chi connectivity index (χ0v) is 17.0. The van der Waals surface area contributed by atoms with Crippen LogP contribution in [0, 0.1) is 5.92 Å². The fourth-order valence-corrected chi connectivity index (χ4v) is 3.37. The predicted octanol–water partition coefficient (Wildman–Crippen LogP) is 3.63. The Balaban J connectivity index is 2.11. The third kappa shape index (κ3) is 5.41. The molecule has 0 saturated carbocycles. The number of anilines is 1. The molecule has 1 atom stereocenters. The van der Waals surface area contributed by atoms with Gasteiger partial charge in [0.1, 0.15) is 10.9 Å². The average molecular weight is 430 g/mol. The van der Waals surface area contributed by atoms with Gasteiger partial charge in [-0.25, -0.2) is 9.78 Å². The number of hydrogen-bond acceptors (Lipinski definition) is 6. The van der Waals surface area contributed by atoms with Crippen LogP contribution in [0.25, 0.3) is 0 Å². The lowest BCUT2D eigenvalue weighted by atomic mass is 10.0. The Morgan fingerprint density at radius 2 is 1.93 bits per heavy atom. The summed E-state index contributed by atoms with van der Waals surface area (Å²) in [7, 11) is 1.26. The summed E-state index contributed by atoms with van der Waals surface area (Å²) in [6, 6.07) is 3.64. The third-order valence-electron chi connectivity index (χ3n) is 3.53. The second-order valence-corrected chi connectivity index (χ2v) is 7.70. The number of hydrogen-bond donors (Lipinski definition) is 2. The van der Waals surface area contributed by atoms with E-state index in [1.807, 2.05) is 0 Å². The molecule has 1 heterocycles. The number of methoxy groups -OCH3 is 1. The Labute approximate surface area is 170 Å². The average Bonchev–Trinajstić information content (AvgIpc) is 3.06. The van der Waals surface area contributed by atoms with E-state index in [-0.39, 0.29) is 26.5 Å². The normalized spacial score (nSPS) is 11.8. The third-order valence-corrected chi connectivity index (χ3v) is 4.97. The molecule has 0 unspecified atom stereocenters. The molecule has 0 spiro atoms. The van der Waals surface area contributed by atoms with Crippen molar-refractivity contribution in [3.63, 3.8) is 0 Å². The summed E-state index contributed by atoms with van der Waals surface area (Å²) in [5.41, 5.74) is 0.210. The van der Waals surface area contributed by atoms with Crippen LogP contribution in [0.15, 0.2) is 24.4 Å². The SMILES string of the molecule is COC(=O)c1cnc(NC(=O)[C@H](NC(=O)c2ccc(Cl)cc2Cl)C(C)C)s1. The molecule has 2 rings (SSSR count). The van der Waals surface area contributed by atoms with Crippen LogP contribution in [-0.4, -0.2) is 35.9 Å². The molecule has 0 saturated heterocycles. The molecule has 1 aromatic carbocycles. The predicted molar refractivity (Wildman–Crippen MR) is 105 cm³/mol. The maximum atomic E-state index is 12.6. The Hall–Kier alpha value is -2.16. The molecule has 7 nitrogen and oxygen atoms in total. The molecular formula is C17H17Cl2N3O4S. The van der Waals surface area contributed by atoms with E-state index in [2.05, 4.69) is 20.4 Å². The molecule has 0 aliphatic carbocycles. The molecule has 2 amide bonds. The van der Waals surface area contributed by atoms with Gasteiger partial charge in [0.15, 0.2) is 5.13 Å². The van der Waals surface area contributed by atoms with Crippen LogP contribution < -0.4 is 10.6 Å². The van der Waals surface area contributed by atoms with Crippen molar-refractivity contribution in [2.24, 2.45) is 5.92 Å². The number of thiazole rings is 1. The zero-order chi connectivity index (χ0) is 20.1. The first-order valence-corrected chi connectivity index (χ1v) is 9.41. The van der Waals surface area contributed by atoms with E-state index >= 15 is 0 Å². The minimum atomic E-state index is -0.838. The van der Waals surface area contributed by atoms with Crippen molar-refractivity contribution in [1.29, 1.82) is 0 Å². The van der Waals surface area contributed by atoms with Crippen molar-refractivity contribution in [2.75, 3.05) is 12.4 Å². The van der Waals surface area contributed by atoms with Gasteiger partial charge in [-0.15, -0.1) is 0 Å². The molecule has 27 heavy (non-hydrogen) atoms. The van der Waals surface area contributed by atoms with E-state index in [1.165, 1.54) is 31.5 Å². The fourth-order valence-electron chi connectivity index (χ4n) is 2.14. The van der Waals surface area contributed by atoms with Gasteiger partial charge in [0.25, 0.3) is 5.91 Å². The van der Waals surface area contributed by atoms with Gasteiger partial charge in [-0.05, 0) is 24.1 Å². The highest BCUT2D eigenvalue weighted by molar-refractivity contribution is 7.17. The number of halogens is 2. The van der Waals surface area contributed by atoms with Gasteiger partial charge < -0.3 is 15.4 Å². The second kappa shape index (κ2) is 9.16. The van der Waals surface area contributed by atoms with Crippen LogP contribution in [0.4, 0.5) is 5.13 Å². The van der Waals surface area contributed by atoms with Crippen LogP contribution in [0.3, 0.4) is 0 Å². The van der Waals surface area contributed by atoms with Gasteiger partial charge in [-0.1, -0.05) is 48.4 Å². The van der Waals surface area contributed by atoms with E-state index in [0.717, 1.165) is 11.3 Å². The number of aromatic nitrogens is 1. The van der Waals surface area contributed by atoms with Crippen molar-refractivity contribution < 1.29 is 19.1 Å². The lowest BCUT2D eigenvalue weighted by Crippen LogP contribution is -2.47. The van der Waals surface area contributed by atoms with E-state index in [9.17, 15) is 14.4 Å². The number of rotatable bonds is 6. The molecule has 2 aromatic rings. The maximum absolute atomic E-state index is 12.6. The van der Waals surface area contributed by atoms with Crippen molar-refractivity contribution in [3.05, 3.63) is 44.9 Å². The molecule has 0 bridgehead atoms.